The molecule has 0 saturated carbocycles. The normalized spacial score (nSPS) is 29.9. The Bertz CT molecular complexity index is 249. The molecule has 2 N–H and O–H groups in total. The molecular weight excluding hydrogens is 234 g/mol. The van der Waals surface area contributed by atoms with Gasteiger partial charge in [-0.25, -0.2) is 0 Å². The lowest BCUT2D eigenvalue weighted by molar-refractivity contribution is -0.162. The molecule has 1 fully saturated rings. The summed E-state index contributed by atoms with van der Waals surface area (Å²) in [6.07, 6.45) is 1.75. The highest BCUT2D eigenvalue weighted by molar-refractivity contribution is 5.70. The zero-order valence-corrected chi connectivity index (χ0v) is 11.6. The summed E-state index contributed by atoms with van der Waals surface area (Å²) in [4.78, 5) is 11.8. The van der Waals surface area contributed by atoms with Crippen LogP contribution in [-0.4, -0.2) is 43.5 Å². The first kappa shape index (κ1) is 15.4. The maximum Gasteiger partial charge on any atom is 0.308 e. The number of hydrogen-bond donors (Lipinski definition) is 1. The number of carbonyl (C=O) groups is 1. The largest absolute Gasteiger partial charge is 0.462 e. The molecule has 0 aromatic carbocycles. The lowest BCUT2D eigenvalue weighted by Crippen LogP contribution is -2.36. The van der Waals surface area contributed by atoms with E-state index in [9.17, 15) is 4.79 Å². The van der Waals surface area contributed by atoms with Crippen molar-refractivity contribution in [2.24, 2.45) is 5.73 Å². The predicted molar refractivity (Wildman–Crippen MR) is 68.2 cm³/mol. The molecule has 3 atom stereocenters. The fourth-order valence-corrected chi connectivity index (χ4v) is 2.31. The third kappa shape index (κ3) is 5.33. The van der Waals surface area contributed by atoms with Gasteiger partial charge in [0.05, 0.1) is 24.7 Å². The minimum Gasteiger partial charge on any atom is -0.462 e. The van der Waals surface area contributed by atoms with Crippen molar-refractivity contribution in [1.29, 1.82) is 0 Å². The molecule has 0 spiro atoms. The van der Waals surface area contributed by atoms with Crippen molar-refractivity contribution in [1.82, 2.24) is 0 Å². The monoisotopic (exact) mass is 259 g/mol. The Balaban J connectivity index is 2.34. The summed E-state index contributed by atoms with van der Waals surface area (Å²) in [6, 6.07) is 0. The fraction of sp³-hybridized carbons (Fsp3) is 0.923. The molecule has 1 aliphatic rings. The Kier molecular flexibility index (Phi) is 6.60. The molecule has 1 heterocycles. The SMILES string of the molecule is CCOC(CN)CC(=O)OC1CC(C)OC(C)C1. The number of hydrogen-bond acceptors (Lipinski definition) is 5. The van der Waals surface area contributed by atoms with Crippen LogP contribution in [0.25, 0.3) is 0 Å². The van der Waals surface area contributed by atoms with E-state index in [1.165, 1.54) is 0 Å². The van der Waals surface area contributed by atoms with Gasteiger partial charge in [0.1, 0.15) is 6.10 Å². The molecule has 0 aromatic heterocycles. The summed E-state index contributed by atoms with van der Waals surface area (Å²) in [5.74, 6) is -0.231. The molecule has 106 valence electrons. The topological polar surface area (TPSA) is 70.8 Å². The van der Waals surface area contributed by atoms with Gasteiger partial charge in [0.15, 0.2) is 0 Å². The lowest BCUT2D eigenvalue weighted by atomic mass is 10.0. The van der Waals surface area contributed by atoms with E-state index < -0.39 is 0 Å². The van der Waals surface area contributed by atoms with E-state index in [4.69, 9.17) is 19.9 Å². The molecule has 0 aromatic rings. The van der Waals surface area contributed by atoms with E-state index in [1.54, 1.807) is 0 Å². The van der Waals surface area contributed by atoms with Crippen LogP contribution in [0, 0.1) is 0 Å². The van der Waals surface area contributed by atoms with Crippen LogP contribution in [-0.2, 0) is 19.0 Å². The van der Waals surface area contributed by atoms with Crippen molar-refractivity contribution in [3.05, 3.63) is 0 Å². The molecule has 1 aliphatic heterocycles. The summed E-state index contributed by atoms with van der Waals surface area (Å²) >= 11 is 0. The third-order valence-corrected chi connectivity index (χ3v) is 3.01. The van der Waals surface area contributed by atoms with Crippen LogP contribution >= 0.6 is 0 Å². The molecule has 3 unspecified atom stereocenters. The summed E-state index contributed by atoms with van der Waals surface area (Å²) in [5.41, 5.74) is 5.53. The van der Waals surface area contributed by atoms with Gasteiger partial charge < -0.3 is 19.9 Å². The molecule has 5 heteroatoms. The van der Waals surface area contributed by atoms with Crippen LogP contribution in [0.2, 0.25) is 0 Å². The van der Waals surface area contributed by atoms with Crippen molar-refractivity contribution in [3.63, 3.8) is 0 Å². The zero-order chi connectivity index (χ0) is 13.5. The molecule has 1 saturated heterocycles. The maximum atomic E-state index is 11.8. The van der Waals surface area contributed by atoms with Gasteiger partial charge in [0.2, 0.25) is 0 Å². The van der Waals surface area contributed by atoms with Gasteiger partial charge in [0.25, 0.3) is 0 Å². The highest BCUT2D eigenvalue weighted by atomic mass is 16.6. The molecule has 0 radical (unpaired) electrons. The Hall–Kier alpha value is -0.650. The molecular formula is C13H25NO4. The van der Waals surface area contributed by atoms with E-state index >= 15 is 0 Å². The third-order valence-electron chi connectivity index (χ3n) is 3.01. The van der Waals surface area contributed by atoms with Crippen molar-refractivity contribution >= 4 is 5.97 Å². The first-order valence-electron chi connectivity index (χ1n) is 6.71. The number of rotatable bonds is 6. The average Bonchev–Trinajstić information content (AvgIpc) is 2.26. The second-order valence-electron chi connectivity index (χ2n) is 4.86. The molecule has 1 rings (SSSR count). The van der Waals surface area contributed by atoms with Crippen molar-refractivity contribution < 1.29 is 19.0 Å². The number of ether oxygens (including phenoxy) is 3. The van der Waals surface area contributed by atoms with Gasteiger partial charge in [-0.3, -0.25) is 4.79 Å². The predicted octanol–water partition coefficient (Wildman–Crippen LogP) is 1.24. The Labute approximate surface area is 109 Å². The molecule has 0 aliphatic carbocycles. The molecule has 5 nitrogen and oxygen atoms in total. The second-order valence-corrected chi connectivity index (χ2v) is 4.86. The van der Waals surface area contributed by atoms with Crippen LogP contribution in [0.15, 0.2) is 0 Å². The highest BCUT2D eigenvalue weighted by Gasteiger charge is 2.27. The van der Waals surface area contributed by atoms with E-state index in [-0.39, 0.29) is 36.8 Å². The Morgan fingerprint density at radius 3 is 2.50 bits per heavy atom. The van der Waals surface area contributed by atoms with Gasteiger partial charge in [-0.1, -0.05) is 0 Å². The standard InChI is InChI=1S/C13H25NO4/c1-4-16-12(8-14)7-13(15)18-11-5-9(2)17-10(3)6-11/h9-12H,4-8,14H2,1-3H3. The summed E-state index contributed by atoms with van der Waals surface area (Å²) in [5, 5.41) is 0. The minimum atomic E-state index is -0.239. The van der Waals surface area contributed by atoms with Gasteiger partial charge >= 0.3 is 5.97 Å². The maximum absolute atomic E-state index is 11.8. The highest BCUT2D eigenvalue weighted by Crippen LogP contribution is 2.22. The first-order valence-corrected chi connectivity index (χ1v) is 6.71. The van der Waals surface area contributed by atoms with Crippen LogP contribution < -0.4 is 5.73 Å². The van der Waals surface area contributed by atoms with Gasteiger partial charge in [-0.15, -0.1) is 0 Å². The van der Waals surface area contributed by atoms with Crippen LogP contribution in [0.5, 0.6) is 0 Å². The fourth-order valence-electron chi connectivity index (χ4n) is 2.31. The van der Waals surface area contributed by atoms with Crippen LogP contribution in [0.1, 0.15) is 40.0 Å². The van der Waals surface area contributed by atoms with E-state index in [1.807, 2.05) is 20.8 Å². The zero-order valence-electron chi connectivity index (χ0n) is 11.6. The Morgan fingerprint density at radius 1 is 1.39 bits per heavy atom. The average molecular weight is 259 g/mol. The van der Waals surface area contributed by atoms with Crippen molar-refractivity contribution in [2.75, 3.05) is 13.2 Å². The van der Waals surface area contributed by atoms with Crippen molar-refractivity contribution in [2.45, 2.75) is 64.4 Å². The van der Waals surface area contributed by atoms with Gasteiger partial charge in [-0.05, 0) is 20.8 Å². The number of esters is 1. The second kappa shape index (κ2) is 7.71. The van der Waals surface area contributed by atoms with Crippen molar-refractivity contribution in [3.8, 4) is 0 Å². The molecule has 0 amide bonds. The number of nitrogens with two attached hydrogens (primary N) is 1. The summed E-state index contributed by atoms with van der Waals surface area (Å²) < 4.78 is 16.4. The van der Waals surface area contributed by atoms with Gasteiger partial charge in [0, 0.05) is 26.0 Å². The first-order chi connectivity index (χ1) is 8.55. The number of carbonyl (C=O) groups excluding carboxylic acids is 1. The Morgan fingerprint density at radius 2 is 2.00 bits per heavy atom. The smallest absolute Gasteiger partial charge is 0.308 e. The van der Waals surface area contributed by atoms with Crippen LogP contribution in [0.3, 0.4) is 0 Å². The lowest BCUT2D eigenvalue weighted by Gasteiger charge is -2.31. The van der Waals surface area contributed by atoms with E-state index in [0.29, 0.717) is 13.2 Å². The molecule has 0 bridgehead atoms. The van der Waals surface area contributed by atoms with Gasteiger partial charge in [-0.2, -0.15) is 0 Å². The van der Waals surface area contributed by atoms with E-state index in [2.05, 4.69) is 0 Å². The summed E-state index contributed by atoms with van der Waals surface area (Å²) in [7, 11) is 0. The molecule has 18 heavy (non-hydrogen) atoms. The minimum absolute atomic E-state index is 0.0451. The van der Waals surface area contributed by atoms with Crippen LogP contribution in [0.4, 0.5) is 0 Å². The van der Waals surface area contributed by atoms with E-state index in [0.717, 1.165) is 12.8 Å². The summed E-state index contributed by atoms with van der Waals surface area (Å²) in [6.45, 7) is 6.78. The quantitative estimate of drug-likeness (QED) is 0.727.